The van der Waals surface area contributed by atoms with Crippen LogP contribution in [0.4, 0.5) is 4.39 Å². The maximum Gasteiger partial charge on any atom is 0.275 e. The van der Waals surface area contributed by atoms with Gasteiger partial charge in [-0.05, 0) is 49.4 Å². The minimum atomic E-state index is -0.248. The number of halogens is 1. The number of carbonyl (C=O) groups excluding carboxylic acids is 1. The number of rotatable bonds is 7. The molecule has 1 fully saturated rings. The highest BCUT2D eigenvalue weighted by Gasteiger charge is 2.22. The molecule has 162 valence electrons. The summed E-state index contributed by atoms with van der Waals surface area (Å²) < 4.78 is 19.0. The summed E-state index contributed by atoms with van der Waals surface area (Å²) in [6.07, 6.45) is 4.72. The molecule has 0 aliphatic carbocycles. The number of carbonyl (C=O) groups is 1. The quantitative estimate of drug-likeness (QED) is 0.542. The Balaban J connectivity index is 1.48. The van der Waals surface area contributed by atoms with Gasteiger partial charge in [0.15, 0.2) is 5.69 Å². The van der Waals surface area contributed by atoms with E-state index >= 15 is 0 Å². The maximum atomic E-state index is 13.3. The van der Waals surface area contributed by atoms with Crippen molar-refractivity contribution in [2.75, 3.05) is 13.1 Å². The van der Waals surface area contributed by atoms with Gasteiger partial charge in [-0.3, -0.25) is 9.69 Å². The first-order valence-electron chi connectivity index (χ1n) is 10.8. The number of benzene rings is 2. The van der Waals surface area contributed by atoms with E-state index in [-0.39, 0.29) is 11.7 Å². The molecule has 6 heteroatoms. The first-order chi connectivity index (χ1) is 15.1. The Morgan fingerprint density at radius 3 is 2.23 bits per heavy atom. The van der Waals surface area contributed by atoms with Gasteiger partial charge in [0.25, 0.3) is 5.91 Å². The highest BCUT2D eigenvalue weighted by atomic mass is 19.1. The molecule has 0 unspecified atom stereocenters. The molecule has 0 radical (unpaired) electrons. The first-order valence-corrected chi connectivity index (χ1v) is 10.8. The van der Waals surface area contributed by atoms with Gasteiger partial charge in [0.2, 0.25) is 5.89 Å². The number of hydrogen-bond acceptors (Lipinski definition) is 4. The third-order valence-corrected chi connectivity index (χ3v) is 5.62. The predicted octanol–water partition coefficient (Wildman–Crippen LogP) is 4.95. The Bertz CT molecular complexity index is 945. The highest BCUT2D eigenvalue weighted by molar-refractivity contribution is 5.92. The van der Waals surface area contributed by atoms with E-state index < -0.39 is 0 Å². The number of nitrogens with zero attached hydrogens (tertiary/aromatic N) is 3. The van der Waals surface area contributed by atoms with E-state index in [1.54, 1.807) is 12.1 Å². The number of aryl methyl sites for hydroxylation is 1. The normalized spacial score (nSPS) is 14.2. The molecule has 1 amide bonds. The monoisotopic (exact) mass is 421 g/mol. The van der Waals surface area contributed by atoms with Crippen LogP contribution in [-0.4, -0.2) is 33.8 Å². The Hall–Kier alpha value is -2.99. The lowest BCUT2D eigenvalue weighted by Gasteiger charge is -2.25. The molecular formula is C25H28FN3O2. The molecular weight excluding hydrogens is 393 g/mol. The van der Waals surface area contributed by atoms with E-state index in [0.717, 1.165) is 31.5 Å². The average Bonchev–Trinajstić information content (AvgIpc) is 3.25. The molecule has 0 N–H and O–H groups in total. The van der Waals surface area contributed by atoms with Crippen LogP contribution in [0.5, 0.6) is 0 Å². The van der Waals surface area contributed by atoms with Gasteiger partial charge in [-0.25, -0.2) is 9.37 Å². The molecule has 1 aromatic heterocycles. The van der Waals surface area contributed by atoms with Crippen molar-refractivity contribution in [3.05, 3.63) is 88.9 Å². The molecule has 4 rings (SSSR count). The third-order valence-electron chi connectivity index (χ3n) is 5.62. The summed E-state index contributed by atoms with van der Waals surface area (Å²) in [4.78, 5) is 21.2. The van der Waals surface area contributed by atoms with Crippen LogP contribution in [0.1, 0.15) is 52.3 Å². The second-order valence-corrected chi connectivity index (χ2v) is 8.24. The Labute approximate surface area is 182 Å². The molecule has 5 nitrogen and oxygen atoms in total. The smallest absolute Gasteiger partial charge is 0.275 e. The summed E-state index contributed by atoms with van der Waals surface area (Å²) in [7, 11) is 0. The van der Waals surface area contributed by atoms with Crippen molar-refractivity contribution in [3.63, 3.8) is 0 Å². The zero-order chi connectivity index (χ0) is 21.6. The third kappa shape index (κ3) is 5.79. The number of piperidine rings is 1. The topological polar surface area (TPSA) is 49.6 Å². The minimum absolute atomic E-state index is 0.0571. The number of likely N-dealkylation sites (tertiary alicyclic amines) is 1. The minimum Gasteiger partial charge on any atom is -0.447 e. The molecule has 0 spiro atoms. The van der Waals surface area contributed by atoms with Gasteiger partial charge in [0.05, 0.1) is 6.54 Å². The summed E-state index contributed by atoms with van der Waals surface area (Å²) in [6.45, 7) is 5.39. The van der Waals surface area contributed by atoms with Crippen LogP contribution in [0, 0.1) is 12.7 Å². The number of oxazole rings is 1. The van der Waals surface area contributed by atoms with Crippen molar-refractivity contribution in [3.8, 4) is 0 Å². The van der Waals surface area contributed by atoms with E-state index in [2.05, 4.69) is 41.1 Å². The van der Waals surface area contributed by atoms with Crippen LogP contribution in [-0.2, 0) is 19.6 Å². The van der Waals surface area contributed by atoms with Crippen LogP contribution >= 0.6 is 0 Å². The van der Waals surface area contributed by atoms with Gasteiger partial charge >= 0.3 is 0 Å². The molecule has 1 aliphatic rings. The Kier molecular flexibility index (Phi) is 6.77. The van der Waals surface area contributed by atoms with Crippen LogP contribution < -0.4 is 0 Å². The molecule has 1 aliphatic heterocycles. The van der Waals surface area contributed by atoms with Gasteiger partial charge in [-0.2, -0.15) is 0 Å². The summed E-state index contributed by atoms with van der Waals surface area (Å²) in [6, 6.07) is 14.9. The maximum absolute atomic E-state index is 13.3. The van der Waals surface area contributed by atoms with Gasteiger partial charge in [-0.1, -0.05) is 42.0 Å². The lowest BCUT2D eigenvalue weighted by atomic mass is 10.1. The van der Waals surface area contributed by atoms with Crippen molar-refractivity contribution in [2.24, 2.45) is 0 Å². The molecule has 1 saturated heterocycles. The van der Waals surface area contributed by atoms with E-state index in [9.17, 15) is 9.18 Å². The number of aromatic nitrogens is 1. The standard InChI is InChI=1S/C25H28FN3O2/c1-19-5-7-20(8-6-19)15-28(16-21-9-11-22(26)12-10-21)17-24-27-23(18-31-24)25(30)29-13-3-2-4-14-29/h5-12,18H,2-4,13-17H2,1H3. The SMILES string of the molecule is Cc1ccc(CN(Cc2ccc(F)cc2)Cc2nc(C(=O)N3CCCCC3)co2)cc1. The number of amides is 1. The second-order valence-electron chi connectivity index (χ2n) is 8.24. The van der Waals surface area contributed by atoms with Crippen molar-refractivity contribution in [1.29, 1.82) is 0 Å². The van der Waals surface area contributed by atoms with Gasteiger partial charge < -0.3 is 9.32 Å². The van der Waals surface area contributed by atoms with Crippen LogP contribution in [0.3, 0.4) is 0 Å². The largest absolute Gasteiger partial charge is 0.447 e. The highest BCUT2D eigenvalue weighted by Crippen LogP contribution is 2.17. The van der Waals surface area contributed by atoms with E-state index in [0.29, 0.717) is 31.2 Å². The molecule has 3 aromatic rings. The van der Waals surface area contributed by atoms with Gasteiger partial charge in [-0.15, -0.1) is 0 Å². The fourth-order valence-electron chi connectivity index (χ4n) is 3.90. The summed E-state index contributed by atoms with van der Waals surface area (Å²) in [5.41, 5.74) is 3.75. The van der Waals surface area contributed by atoms with Crippen molar-refractivity contribution in [2.45, 2.75) is 45.8 Å². The van der Waals surface area contributed by atoms with Crippen LogP contribution in [0.25, 0.3) is 0 Å². The molecule has 2 heterocycles. The summed E-state index contributed by atoms with van der Waals surface area (Å²) in [5.74, 6) is 0.204. The summed E-state index contributed by atoms with van der Waals surface area (Å²) >= 11 is 0. The Morgan fingerprint density at radius 2 is 1.58 bits per heavy atom. The lowest BCUT2D eigenvalue weighted by Crippen LogP contribution is -2.35. The van der Waals surface area contributed by atoms with E-state index in [4.69, 9.17) is 4.42 Å². The zero-order valence-electron chi connectivity index (χ0n) is 17.9. The van der Waals surface area contributed by atoms with Crippen molar-refractivity contribution >= 4 is 5.91 Å². The van der Waals surface area contributed by atoms with E-state index in [1.807, 2.05) is 4.90 Å². The van der Waals surface area contributed by atoms with Gasteiger partial charge in [0.1, 0.15) is 12.1 Å². The summed E-state index contributed by atoms with van der Waals surface area (Å²) in [5, 5.41) is 0. The molecule has 0 bridgehead atoms. The van der Waals surface area contributed by atoms with Crippen LogP contribution in [0.15, 0.2) is 59.2 Å². The molecule has 0 atom stereocenters. The van der Waals surface area contributed by atoms with Crippen LogP contribution in [0.2, 0.25) is 0 Å². The molecule has 0 saturated carbocycles. The van der Waals surface area contributed by atoms with Gasteiger partial charge in [0, 0.05) is 26.2 Å². The fraction of sp³-hybridized carbons (Fsp3) is 0.360. The average molecular weight is 422 g/mol. The fourth-order valence-corrected chi connectivity index (χ4v) is 3.90. The molecule has 31 heavy (non-hydrogen) atoms. The zero-order valence-corrected chi connectivity index (χ0v) is 17.9. The lowest BCUT2D eigenvalue weighted by molar-refractivity contribution is 0.0718. The predicted molar refractivity (Wildman–Crippen MR) is 117 cm³/mol. The first kappa shape index (κ1) is 21.2. The van der Waals surface area contributed by atoms with Crippen molar-refractivity contribution < 1.29 is 13.6 Å². The van der Waals surface area contributed by atoms with E-state index in [1.165, 1.54) is 35.9 Å². The number of hydrogen-bond donors (Lipinski definition) is 0. The Morgan fingerprint density at radius 1 is 0.968 bits per heavy atom. The van der Waals surface area contributed by atoms with Crippen molar-refractivity contribution in [1.82, 2.24) is 14.8 Å². The molecule has 2 aromatic carbocycles. The second kappa shape index (κ2) is 9.88.